The SMILES string of the molecule is CC(C)(C)C(=O)NCC(=O)NCc1ccc(OCC(F)(F)F)cc1. The molecule has 24 heavy (non-hydrogen) atoms. The average molecular weight is 346 g/mol. The number of amides is 2. The number of rotatable bonds is 6. The van der Waals surface area contributed by atoms with Crippen molar-refractivity contribution in [1.82, 2.24) is 10.6 Å². The van der Waals surface area contributed by atoms with Crippen molar-refractivity contribution in [2.24, 2.45) is 5.41 Å². The van der Waals surface area contributed by atoms with Crippen molar-refractivity contribution < 1.29 is 27.5 Å². The highest BCUT2D eigenvalue weighted by atomic mass is 19.4. The maximum absolute atomic E-state index is 12.0. The lowest BCUT2D eigenvalue weighted by atomic mass is 9.96. The van der Waals surface area contributed by atoms with Crippen LogP contribution in [0.25, 0.3) is 0 Å². The van der Waals surface area contributed by atoms with Gasteiger partial charge >= 0.3 is 6.18 Å². The van der Waals surface area contributed by atoms with E-state index < -0.39 is 18.2 Å². The third kappa shape index (κ3) is 7.85. The summed E-state index contributed by atoms with van der Waals surface area (Å²) in [6, 6.07) is 5.91. The first-order chi connectivity index (χ1) is 11.0. The van der Waals surface area contributed by atoms with Gasteiger partial charge in [0.05, 0.1) is 6.54 Å². The summed E-state index contributed by atoms with van der Waals surface area (Å²) >= 11 is 0. The van der Waals surface area contributed by atoms with E-state index in [1.54, 1.807) is 32.9 Å². The van der Waals surface area contributed by atoms with Crippen molar-refractivity contribution in [3.63, 3.8) is 0 Å². The topological polar surface area (TPSA) is 67.4 Å². The molecule has 5 nitrogen and oxygen atoms in total. The Labute approximate surface area is 138 Å². The van der Waals surface area contributed by atoms with E-state index in [9.17, 15) is 22.8 Å². The Morgan fingerprint density at radius 1 is 1.04 bits per heavy atom. The smallest absolute Gasteiger partial charge is 0.422 e. The fourth-order valence-electron chi connectivity index (χ4n) is 1.56. The van der Waals surface area contributed by atoms with Gasteiger partial charge < -0.3 is 15.4 Å². The fourth-order valence-corrected chi connectivity index (χ4v) is 1.56. The van der Waals surface area contributed by atoms with Gasteiger partial charge in [0.15, 0.2) is 6.61 Å². The molecule has 0 heterocycles. The van der Waals surface area contributed by atoms with Gasteiger partial charge in [-0.15, -0.1) is 0 Å². The number of halogens is 3. The molecule has 2 amide bonds. The molecule has 0 radical (unpaired) electrons. The number of carbonyl (C=O) groups excluding carboxylic acids is 2. The van der Waals surface area contributed by atoms with Crippen LogP contribution >= 0.6 is 0 Å². The highest BCUT2D eigenvalue weighted by Crippen LogP contribution is 2.18. The van der Waals surface area contributed by atoms with Crippen molar-refractivity contribution in [3.05, 3.63) is 29.8 Å². The molecule has 0 atom stereocenters. The molecule has 0 aliphatic carbocycles. The van der Waals surface area contributed by atoms with E-state index in [0.29, 0.717) is 5.56 Å². The number of carbonyl (C=O) groups is 2. The first-order valence-corrected chi connectivity index (χ1v) is 7.31. The van der Waals surface area contributed by atoms with Crippen LogP contribution in [-0.4, -0.2) is 31.1 Å². The molecule has 2 N–H and O–H groups in total. The largest absolute Gasteiger partial charge is 0.484 e. The summed E-state index contributed by atoms with van der Waals surface area (Å²) in [5.41, 5.74) is 0.122. The van der Waals surface area contributed by atoms with Crippen molar-refractivity contribution in [2.45, 2.75) is 33.5 Å². The van der Waals surface area contributed by atoms with Gasteiger partial charge in [0.2, 0.25) is 11.8 Å². The van der Waals surface area contributed by atoms with E-state index in [1.807, 2.05) is 0 Å². The Morgan fingerprint density at radius 2 is 1.62 bits per heavy atom. The lowest BCUT2D eigenvalue weighted by Gasteiger charge is -2.17. The molecule has 1 aromatic rings. The van der Waals surface area contributed by atoms with Crippen LogP contribution in [0, 0.1) is 5.41 Å². The van der Waals surface area contributed by atoms with Crippen LogP contribution in [0.15, 0.2) is 24.3 Å². The first-order valence-electron chi connectivity index (χ1n) is 7.31. The molecule has 134 valence electrons. The van der Waals surface area contributed by atoms with E-state index in [0.717, 1.165) is 0 Å². The molecule has 0 fully saturated rings. The molecule has 0 spiro atoms. The van der Waals surface area contributed by atoms with Gasteiger partial charge in [-0.3, -0.25) is 9.59 Å². The van der Waals surface area contributed by atoms with Crippen LogP contribution in [0.4, 0.5) is 13.2 Å². The summed E-state index contributed by atoms with van der Waals surface area (Å²) in [5, 5.41) is 5.13. The zero-order valence-electron chi connectivity index (χ0n) is 13.8. The van der Waals surface area contributed by atoms with Gasteiger partial charge in [0.1, 0.15) is 5.75 Å². The summed E-state index contributed by atoms with van der Waals surface area (Å²) in [5.74, 6) is -0.492. The molecule has 0 saturated heterocycles. The van der Waals surface area contributed by atoms with Crippen molar-refractivity contribution in [2.75, 3.05) is 13.2 Å². The molecule has 0 aromatic heterocycles. The highest BCUT2D eigenvalue weighted by Gasteiger charge is 2.28. The molecule has 8 heteroatoms. The van der Waals surface area contributed by atoms with Gasteiger partial charge in [0, 0.05) is 12.0 Å². The molecule has 0 aliphatic heterocycles. The van der Waals surface area contributed by atoms with Gasteiger partial charge in [-0.05, 0) is 17.7 Å². The second-order valence-corrected chi connectivity index (χ2v) is 6.26. The van der Waals surface area contributed by atoms with Crippen LogP contribution in [0.3, 0.4) is 0 Å². The van der Waals surface area contributed by atoms with Crippen LogP contribution in [-0.2, 0) is 16.1 Å². The lowest BCUT2D eigenvalue weighted by Crippen LogP contribution is -2.41. The Kier molecular flexibility index (Phi) is 6.62. The van der Waals surface area contributed by atoms with Crippen molar-refractivity contribution >= 4 is 11.8 Å². The van der Waals surface area contributed by atoms with Gasteiger partial charge in [-0.1, -0.05) is 32.9 Å². The predicted octanol–water partition coefficient (Wildman–Crippen LogP) is 2.41. The normalized spacial score (nSPS) is 11.8. The predicted molar refractivity (Wildman–Crippen MR) is 82.3 cm³/mol. The number of hydrogen-bond donors (Lipinski definition) is 2. The minimum Gasteiger partial charge on any atom is -0.484 e. The molecule has 0 bridgehead atoms. The third-order valence-corrected chi connectivity index (χ3v) is 2.91. The van der Waals surface area contributed by atoms with E-state index in [1.165, 1.54) is 12.1 Å². The molecule has 0 aliphatic rings. The van der Waals surface area contributed by atoms with Crippen LogP contribution < -0.4 is 15.4 Å². The zero-order valence-corrected chi connectivity index (χ0v) is 13.8. The van der Waals surface area contributed by atoms with E-state index in [2.05, 4.69) is 15.4 Å². The summed E-state index contributed by atoms with van der Waals surface area (Å²) < 4.78 is 40.7. The second-order valence-electron chi connectivity index (χ2n) is 6.26. The van der Waals surface area contributed by atoms with Crippen LogP contribution in [0.1, 0.15) is 26.3 Å². The first kappa shape index (κ1) is 19.8. The monoisotopic (exact) mass is 346 g/mol. The van der Waals surface area contributed by atoms with Crippen LogP contribution in [0.5, 0.6) is 5.75 Å². The Balaban J connectivity index is 2.37. The summed E-state index contributed by atoms with van der Waals surface area (Å²) in [6.45, 7) is 3.93. The minimum absolute atomic E-state index is 0.0971. The Hall–Kier alpha value is -2.25. The second kappa shape index (κ2) is 8.03. The zero-order chi connectivity index (χ0) is 18.4. The number of benzene rings is 1. The molecule has 1 aromatic carbocycles. The quantitative estimate of drug-likeness (QED) is 0.831. The molecular weight excluding hydrogens is 325 g/mol. The number of hydrogen-bond acceptors (Lipinski definition) is 3. The van der Waals surface area contributed by atoms with Gasteiger partial charge in [0.25, 0.3) is 0 Å². The maximum atomic E-state index is 12.0. The lowest BCUT2D eigenvalue weighted by molar-refractivity contribution is -0.153. The van der Waals surface area contributed by atoms with Crippen molar-refractivity contribution in [1.29, 1.82) is 0 Å². The molecular formula is C16H21F3N2O3. The summed E-state index contributed by atoms with van der Waals surface area (Å²) in [4.78, 5) is 23.3. The van der Waals surface area contributed by atoms with E-state index in [4.69, 9.17) is 0 Å². The highest BCUT2D eigenvalue weighted by molar-refractivity contribution is 5.87. The van der Waals surface area contributed by atoms with Gasteiger partial charge in [-0.25, -0.2) is 0 Å². The third-order valence-electron chi connectivity index (χ3n) is 2.91. The van der Waals surface area contributed by atoms with E-state index >= 15 is 0 Å². The molecule has 0 saturated carbocycles. The molecule has 1 rings (SSSR count). The van der Waals surface area contributed by atoms with E-state index in [-0.39, 0.29) is 30.7 Å². The number of alkyl halides is 3. The number of ether oxygens (including phenoxy) is 1. The van der Waals surface area contributed by atoms with Crippen LogP contribution in [0.2, 0.25) is 0 Å². The summed E-state index contributed by atoms with van der Waals surface area (Å²) in [6.07, 6.45) is -4.38. The molecule has 0 unspecified atom stereocenters. The maximum Gasteiger partial charge on any atom is 0.422 e. The van der Waals surface area contributed by atoms with Gasteiger partial charge in [-0.2, -0.15) is 13.2 Å². The van der Waals surface area contributed by atoms with Crippen molar-refractivity contribution in [3.8, 4) is 5.75 Å². The standard InChI is InChI=1S/C16H21F3N2O3/c1-15(2,3)14(23)21-9-13(22)20-8-11-4-6-12(7-5-11)24-10-16(17,18)19/h4-7H,8-10H2,1-3H3,(H,20,22)(H,21,23). The number of nitrogens with one attached hydrogen (secondary N) is 2. The Morgan fingerprint density at radius 3 is 2.12 bits per heavy atom. The summed E-state index contributed by atoms with van der Waals surface area (Å²) in [7, 11) is 0. The average Bonchev–Trinajstić information content (AvgIpc) is 2.47. The Bertz CT molecular complexity index is 563. The minimum atomic E-state index is -4.38. The fraction of sp³-hybridized carbons (Fsp3) is 0.500.